The van der Waals surface area contributed by atoms with Crippen molar-refractivity contribution in [1.29, 1.82) is 0 Å². The Bertz CT molecular complexity index is 719. The minimum Gasteiger partial charge on any atom is -0.377 e. The van der Waals surface area contributed by atoms with Crippen molar-refractivity contribution in [2.24, 2.45) is 0 Å². The molecule has 0 amide bonds. The van der Waals surface area contributed by atoms with E-state index in [2.05, 4.69) is 20.2 Å². The van der Waals surface area contributed by atoms with Gasteiger partial charge in [-0.05, 0) is 31.9 Å². The van der Waals surface area contributed by atoms with E-state index in [1.165, 1.54) is 0 Å². The van der Waals surface area contributed by atoms with Crippen molar-refractivity contribution in [3.05, 3.63) is 47.4 Å². The molecule has 0 aliphatic carbocycles. The highest BCUT2D eigenvalue weighted by atomic mass is 19.2. The van der Waals surface area contributed by atoms with E-state index < -0.39 is 29.2 Å². The molecule has 0 aromatic carbocycles. The first-order chi connectivity index (χ1) is 11.5. The van der Waals surface area contributed by atoms with Gasteiger partial charge in [-0.2, -0.15) is 22.5 Å². The number of rotatable bonds is 3. The van der Waals surface area contributed by atoms with Crippen molar-refractivity contribution in [2.45, 2.75) is 25.8 Å². The summed E-state index contributed by atoms with van der Waals surface area (Å²) in [7, 11) is 0. The van der Waals surface area contributed by atoms with E-state index in [9.17, 15) is 17.6 Å². The van der Waals surface area contributed by atoms with Gasteiger partial charge in [0.1, 0.15) is 11.5 Å². The predicted octanol–water partition coefficient (Wildman–Crippen LogP) is 3.42. The van der Waals surface area contributed by atoms with Crippen LogP contribution in [0.1, 0.15) is 18.5 Å². The van der Waals surface area contributed by atoms with E-state index in [0.29, 0.717) is 25.9 Å². The Labute approximate surface area is 136 Å². The van der Waals surface area contributed by atoms with E-state index in [-0.39, 0.29) is 6.04 Å². The quantitative estimate of drug-likeness (QED) is 0.687. The molecule has 0 unspecified atom stereocenters. The van der Waals surface area contributed by atoms with E-state index in [0.717, 1.165) is 11.5 Å². The fourth-order valence-electron chi connectivity index (χ4n) is 2.78. The lowest BCUT2D eigenvalue weighted by molar-refractivity contribution is 0.407. The summed E-state index contributed by atoms with van der Waals surface area (Å²) >= 11 is 0. The molecule has 3 rings (SSSR count). The molecule has 0 atom stereocenters. The second-order valence-corrected chi connectivity index (χ2v) is 5.74. The van der Waals surface area contributed by atoms with Gasteiger partial charge >= 0.3 is 0 Å². The molecule has 1 N–H and O–H groups in total. The number of aromatic nitrogens is 2. The number of hydrogen-bond donors (Lipinski definition) is 1. The van der Waals surface area contributed by atoms with Crippen LogP contribution in [0.25, 0.3) is 0 Å². The number of halogens is 4. The predicted molar refractivity (Wildman–Crippen MR) is 81.9 cm³/mol. The minimum atomic E-state index is -1.65. The van der Waals surface area contributed by atoms with Crippen molar-refractivity contribution in [2.75, 3.05) is 23.3 Å². The summed E-state index contributed by atoms with van der Waals surface area (Å²) in [6.45, 7) is 3.14. The van der Waals surface area contributed by atoms with Crippen LogP contribution in [0.15, 0.2) is 18.2 Å². The van der Waals surface area contributed by atoms with Crippen molar-refractivity contribution >= 4 is 11.5 Å². The molecular weight excluding hydrogens is 324 g/mol. The summed E-state index contributed by atoms with van der Waals surface area (Å²) in [6.07, 6.45) is 1.11. The van der Waals surface area contributed by atoms with Crippen LogP contribution < -0.4 is 10.2 Å². The smallest absolute Gasteiger partial charge is 0.253 e. The highest BCUT2D eigenvalue weighted by molar-refractivity contribution is 5.47. The third kappa shape index (κ3) is 3.27. The summed E-state index contributed by atoms with van der Waals surface area (Å²) in [4.78, 5) is 9.04. The average molecular weight is 340 g/mol. The van der Waals surface area contributed by atoms with Gasteiger partial charge < -0.3 is 10.2 Å². The third-order valence-corrected chi connectivity index (χ3v) is 4.04. The first kappa shape index (κ1) is 16.5. The number of pyridine rings is 2. The maximum Gasteiger partial charge on any atom is 0.253 e. The van der Waals surface area contributed by atoms with Crippen LogP contribution in [0.2, 0.25) is 0 Å². The lowest BCUT2D eigenvalue weighted by atomic mass is 10.0. The molecule has 1 fully saturated rings. The van der Waals surface area contributed by atoms with E-state index in [1.807, 2.05) is 25.1 Å². The summed E-state index contributed by atoms with van der Waals surface area (Å²) < 4.78 is 53.6. The van der Waals surface area contributed by atoms with Gasteiger partial charge in [0.05, 0.1) is 0 Å². The molecule has 8 heteroatoms. The topological polar surface area (TPSA) is 41.0 Å². The monoisotopic (exact) mass is 340 g/mol. The van der Waals surface area contributed by atoms with Crippen LogP contribution in [0.5, 0.6) is 0 Å². The Hall–Kier alpha value is -2.38. The van der Waals surface area contributed by atoms with Crippen molar-refractivity contribution in [3.63, 3.8) is 0 Å². The first-order valence-corrected chi connectivity index (χ1v) is 7.61. The fraction of sp³-hybridized carbons (Fsp3) is 0.375. The van der Waals surface area contributed by atoms with Crippen LogP contribution >= 0.6 is 0 Å². The molecule has 24 heavy (non-hydrogen) atoms. The third-order valence-electron chi connectivity index (χ3n) is 4.04. The van der Waals surface area contributed by atoms with Gasteiger partial charge in [-0.15, -0.1) is 0 Å². The van der Waals surface area contributed by atoms with Crippen LogP contribution in [-0.2, 0) is 0 Å². The number of piperidine rings is 1. The van der Waals surface area contributed by atoms with Gasteiger partial charge in [0, 0.05) is 24.8 Å². The number of anilines is 2. The highest BCUT2D eigenvalue weighted by Crippen LogP contribution is 2.26. The fourth-order valence-corrected chi connectivity index (χ4v) is 2.78. The molecule has 1 aliphatic heterocycles. The molecule has 0 spiro atoms. The second-order valence-electron chi connectivity index (χ2n) is 5.74. The minimum absolute atomic E-state index is 0.295. The van der Waals surface area contributed by atoms with Crippen LogP contribution in [0.4, 0.5) is 29.1 Å². The number of nitrogens with one attached hydrogen (secondary N) is 1. The zero-order valence-electron chi connectivity index (χ0n) is 13.0. The molecule has 1 aliphatic rings. The highest BCUT2D eigenvalue weighted by Gasteiger charge is 2.25. The Morgan fingerprint density at radius 2 is 1.62 bits per heavy atom. The number of nitrogens with zero attached hydrogens (tertiary/aromatic N) is 3. The summed E-state index contributed by atoms with van der Waals surface area (Å²) in [5.41, 5.74) is 0.103. The number of hydrogen-bond acceptors (Lipinski definition) is 4. The van der Waals surface area contributed by atoms with E-state index >= 15 is 0 Å². The molecule has 3 heterocycles. The zero-order chi connectivity index (χ0) is 17.3. The van der Waals surface area contributed by atoms with Gasteiger partial charge in [0.25, 0.3) is 11.9 Å². The van der Waals surface area contributed by atoms with Crippen molar-refractivity contribution < 1.29 is 17.6 Å². The molecule has 0 bridgehead atoms. The normalized spacial score (nSPS) is 15.6. The lowest BCUT2D eigenvalue weighted by Crippen LogP contribution is -2.40. The molecule has 128 valence electrons. The van der Waals surface area contributed by atoms with Crippen molar-refractivity contribution in [1.82, 2.24) is 9.97 Å². The molecule has 2 aromatic heterocycles. The Balaban J connectivity index is 1.68. The van der Waals surface area contributed by atoms with Gasteiger partial charge in [-0.3, -0.25) is 0 Å². The van der Waals surface area contributed by atoms with E-state index in [1.54, 1.807) is 0 Å². The van der Waals surface area contributed by atoms with Crippen LogP contribution in [-0.4, -0.2) is 29.1 Å². The molecule has 1 saturated heterocycles. The number of aryl methyl sites for hydroxylation is 1. The first-order valence-electron chi connectivity index (χ1n) is 7.61. The summed E-state index contributed by atoms with van der Waals surface area (Å²) in [5, 5.41) is 2.57. The van der Waals surface area contributed by atoms with Gasteiger partial charge in [-0.25, -0.2) is 4.98 Å². The maximum atomic E-state index is 13.7. The lowest BCUT2D eigenvalue weighted by Gasteiger charge is -2.33. The second kappa shape index (κ2) is 6.62. The SMILES string of the molecule is Cc1cccc(N2CCC(Nc3c(F)c(F)nc(F)c3F)CC2)n1. The Morgan fingerprint density at radius 1 is 1.00 bits per heavy atom. The molecule has 2 aromatic rings. The Kier molecular flexibility index (Phi) is 4.55. The van der Waals surface area contributed by atoms with Crippen molar-refractivity contribution in [3.8, 4) is 0 Å². The maximum absolute atomic E-state index is 13.7. The largest absolute Gasteiger partial charge is 0.377 e. The average Bonchev–Trinajstić information content (AvgIpc) is 2.57. The standard InChI is InChI=1S/C16H16F4N4/c1-9-3-2-4-11(21-9)24-7-5-10(6-8-24)22-14-12(17)15(19)23-16(20)13(14)18/h2-4,10H,5-8H2,1H3,(H,22,23). The molecule has 0 saturated carbocycles. The summed E-state index contributed by atoms with van der Waals surface area (Å²) in [6, 6.07) is 5.41. The Morgan fingerprint density at radius 3 is 2.21 bits per heavy atom. The molecule has 4 nitrogen and oxygen atoms in total. The van der Waals surface area contributed by atoms with E-state index in [4.69, 9.17) is 0 Å². The summed E-state index contributed by atoms with van der Waals surface area (Å²) in [5.74, 6) is -5.48. The molecular formula is C16H16F4N4. The zero-order valence-corrected chi connectivity index (χ0v) is 13.0. The van der Waals surface area contributed by atoms with Gasteiger partial charge in [-0.1, -0.05) is 6.07 Å². The van der Waals surface area contributed by atoms with Crippen LogP contribution in [0.3, 0.4) is 0 Å². The van der Waals surface area contributed by atoms with Gasteiger partial charge in [0.15, 0.2) is 0 Å². The van der Waals surface area contributed by atoms with Gasteiger partial charge in [0.2, 0.25) is 11.6 Å². The molecule has 0 radical (unpaired) electrons. The van der Waals surface area contributed by atoms with Crippen LogP contribution in [0, 0.1) is 30.5 Å².